The Labute approximate surface area is 93.0 Å². The molecule has 0 radical (unpaired) electrons. The third-order valence-corrected chi connectivity index (χ3v) is 3.26. The highest BCUT2D eigenvalue weighted by molar-refractivity contribution is 5.39. The van der Waals surface area contributed by atoms with Crippen molar-refractivity contribution < 1.29 is 0 Å². The van der Waals surface area contributed by atoms with Gasteiger partial charge in [0, 0.05) is 0 Å². The monoisotopic (exact) mass is 200 g/mol. The molecule has 0 heterocycles. The van der Waals surface area contributed by atoms with Crippen molar-refractivity contribution in [2.75, 3.05) is 0 Å². The molecule has 0 nitrogen and oxygen atoms in total. The molecule has 0 aliphatic heterocycles. The highest BCUT2D eigenvalue weighted by Crippen LogP contribution is 2.29. The van der Waals surface area contributed by atoms with E-state index in [9.17, 15) is 0 Å². The molecule has 80 valence electrons. The predicted molar refractivity (Wildman–Crippen MR) is 66.3 cm³/mol. The van der Waals surface area contributed by atoms with E-state index < -0.39 is 0 Å². The van der Waals surface area contributed by atoms with Crippen molar-refractivity contribution in [1.29, 1.82) is 0 Å². The Balaban J connectivity index is 2.39. The van der Waals surface area contributed by atoms with Crippen molar-refractivity contribution >= 4 is 0 Å². The molecule has 0 saturated heterocycles. The van der Waals surface area contributed by atoms with Crippen LogP contribution in [0.15, 0.2) is 30.4 Å². The average molecular weight is 200 g/mol. The van der Waals surface area contributed by atoms with Crippen LogP contribution in [0.2, 0.25) is 0 Å². The van der Waals surface area contributed by atoms with Crippen LogP contribution in [0, 0.1) is 0 Å². The van der Waals surface area contributed by atoms with Crippen molar-refractivity contribution in [3.63, 3.8) is 0 Å². The van der Waals surface area contributed by atoms with E-state index in [2.05, 4.69) is 45.5 Å². The number of benzene rings is 1. The number of aryl methyl sites for hydroxylation is 1. The van der Waals surface area contributed by atoms with Gasteiger partial charge in [0.25, 0.3) is 0 Å². The summed E-state index contributed by atoms with van der Waals surface area (Å²) < 4.78 is 0. The Morgan fingerprint density at radius 3 is 2.47 bits per heavy atom. The number of fused-ring (bicyclic) bond motifs is 1. The molecule has 0 spiro atoms. The predicted octanol–water partition coefficient (Wildman–Crippen LogP) is 4.03. The first-order chi connectivity index (χ1) is 6.97. The fourth-order valence-electron chi connectivity index (χ4n) is 2.17. The van der Waals surface area contributed by atoms with Crippen LogP contribution in [-0.2, 0) is 18.3 Å². The molecular weight excluding hydrogens is 180 g/mol. The van der Waals surface area contributed by atoms with Crippen molar-refractivity contribution in [3.05, 3.63) is 47.0 Å². The first-order valence-electron chi connectivity index (χ1n) is 5.76. The molecule has 0 fully saturated rings. The molecule has 15 heavy (non-hydrogen) atoms. The maximum Gasteiger partial charge on any atom is -0.00670 e. The van der Waals surface area contributed by atoms with Gasteiger partial charge in [-0.1, -0.05) is 51.1 Å². The van der Waals surface area contributed by atoms with Crippen LogP contribution in [0.3, 0.4) is 0 Å². The van der Waals surface area contributed by atoms with Gasteiger partial charge in [0.05, 0.1) is 0 Å². The van der Waals surface area contributed by atoms with Crippen LogP contribution in [0.4, 0.5) is 0 Å². The third-order valence-electron chi connectivity index (χ3n) is 3.26. The summed E-state index contributed by atoms with van der Waals surface area (Å²) in [5, 5.41) is 0. The van der Waals surface area contributed by atoms with Gasteiger partial charge >= 0.3 is 0 Å². The van der Waals surface area contributed by atoms with E-state index in [1.165, 1.54) is 35.1 Å². The lowest BCUT2D eigenvalue weighted by Gasteiger charge is -2.24. The largest absolute Gasteiger partial charge is 0.0995 e. The Morgan fingerprint density at radius 2 is 1.80 bits per heavy atom. The molecule has 0 unspecified atom stereocenters. The third kappa shape index (κ3) is 2.14. The first-order valence-corrected chi connectivity index (χ1v) is 5.76. The summed E-state index contributed by atoms with van der Waals surface area (Å²) in [4.78, 5) is 0. The van der Waals surface area contributed by atoms with Gasteiger partial charge < -0.3 is 0 Å². The Bertz CT molecular complexity index is 391. The molecule has 2 rings (SSSR count). The summed E-state index contributed by atoms with van der Waals surface area (Å²) in [6, 6.07) is 6.96. The number of hydrogen-bond acceptors (Lipinski definition) is 0. The van der Waals surface area contributed by atoms with Crippen LogP contribution in [0.5, 0.6) is 0 Å². The molecule has 0 saturated carbocycles. The summed E-state index contributed by atoms with van der Waals surface area (Å²) in [5.74, 6) is 0. The van der Waals surface area contributed by atoms with E-state index >= 15 is 0 Å². The smallest absolute Gasteiger partial charge is 0.00670 e. The van der Waals surface area contributed by atoms with E-state index in [0.29, 0.717) is 0 Å². The van der Waals surface area contributed by atoms with Crippen LogP contribution >= 0.6 is 0 Å². The van der Waals surface area contributed by atoms with Gasteiger partial charge in [-0.3, -0.25) is 0 Å². The van der Waals surface area contributed by atoms with Crippen molar-refractivity contribution in [1.82, 2.24) is 0 Å². The zero-order valence-electron chi connectivity index (χ0n) is 10.1. The Morgan fingerprint density at radius 1 is 1.07 bits per heavy atom. The van der Waals surface area contributed by atoms with Gasteiger partial charge in [-0.05, 0) is 41.4 Å². The number of rotatable bonds is 0. The zero-order chi connectivity index (χ0) is 11.1. The van der Waals surface area contributed by atoms with Crippen LogP contribution in [0.1, 0.15) is 43.9 Å². The summed E-state index contributed by atoms with van der Waals surface area (Å²) in [5.41, 5.74) is 6.12. The minimum Gasteiger partial charge on any atom is -0.0995 e. The second kappa shape index (κ2) is 3.52. The Hall–Kier alpha value is -1.04. The van der Waals surface area contributed by atoms with E-state index in [1.54, 1.807) is 0 Å². The molecule has 1 aliphatic carbocycles. The number of hydrogen-bond donors (Lipinski definition) is 0. The molecule has 0 N–H and O–H groups in total. The first kappa shape index (κ1) is 10.5. The van der Waals surface area contributed by atoms with E-state index in [1.807, 2.05) is 0 Å². The minimum atomic E-state index is 0.267. The van der Waals surface area contributed by atoms with Gasteiger partial charge in [-0.15, -0.1) is 0 Å². The zero-order valence-corrected chi connectivity index (χ0v) is 10.1. The molecule has 0 heteroatoms. The van der Waals surface area contributed by atoms with Crippen molar-refractivity contribution in [2.24, 2.45) is 0 Å². The van der Waals surface area contributed by atoms with Crippen LogP contribution in [-0.4, -0.2) is 0 Å². The SMILES string of the molecule is C=C1CCc2cc(C(C)(C)C)ccc2C1. The molecule has 0 aromatic heterocycles. The summed E-state index contributed by atoms with van der Waals surface area (Å²) in [6.07, 6.45) is 3.43. The highest BCUT2D eigenvalue weighted by atomic mass is 14.2. The Kier molecular flexibility index (Phi) is 2.46. The van der Waals surface area contributed by atoms with Gasteiger partial charge in [-0.25, -0.2) is 0 Å². The van der Waals surface area contributed by atoms with E-state index in [4.69, 9.17) is 0 Å². The van der Waals surface area contributed by atoms with Crippen LogP contribution in [0.25, 0.3) is 0 Å². The standard InChI is InChI=1S/C15H20/c1-11-5-6-13-10-14(15(2,3)4)8-7-12(13)9-11/h7-8,10H,1,5-6,9H2,2-4H3. The van der Waals surface area contributed by atoms with Gasteiger partial charge in [0.15, 0.2) is 0 Å². The fourth-order valence-corrected chi connectivity index (χ4v) is 2.17. The van der Waals surface area contributed by atoms with Crippen LogP contribution < -0.4 is 0 Å². The van der Waals surface area contributed by atoms with E-state index in [-0.39, 0.29) is 5.41 Å². The average Bonchev–Trinajstić information content (AvgIpc) is 2.15. The lowest BCUT2D eigenvalue weighted by atomic mass is 9.81. The maximum absolute atomic E-state index is 4.08. The van der Waals surface area contributed by atoms with E-state index in [0.717, 1.165) is 6.42 Å². The van der Waals surface area contributed by atoms with Crippen molar-refractivity contribution in [3.8, 4) is 0 Å². The second-order valence-electron chi connectivity index (χ2n) is 5.66. The molecule has 0 amide bonds. The lowest BCUT2D eigenvalue weighted by molar-refractivity contribution is 0.588. The summed E-state index contributed by atoms with van der Waals surface area (Å²) >= 11 is 0. The highest BCUT2D eigenvalue weighted by Gasteiger charge is 2.17. The van der Waals surface area contributed by atoms with Gasteiger partial charge in [-0.2, -0.15) is 0 Å². The minimum absolute atomic E-state index is 0.267. The summed E-state index contributed by atoms with van der Waals surface area (Å²) in [6.45, 7) is 10.9. The maximum atomic E-state index is 4.08. The quantitative estimate of drug-likeness (QED) is 0.555. The normalized spacial score (nSPS) is 16.3. The molecule has 0 atom stereocenters. The molecule has 1 aromatic rings. The molecule has 0 bridgehead atoms. The molecular formula is C15H20. The van der Waals surface area contributed by atoms with Crippen molar-refractivity contribution in [2.45, 2.75) is 45.4 Å². The lowest BCUT2D eigenvalue weighted by Crippen LogP contribution is -2.13. The summed E-state index contributed by atoms with van der Waals surface area (Å²) in [7, 11) is 0. The molecule has 1 aromatic carbocycles. The topological polar surface area (TPSA) is 0 Å². The molecule has 1 aliphatic rings. The van der Waals surface area contributed by atoms with Gasteiger partial charge in [0.2, 0.25) is 0 Å². The number of allylic oxidation sites excluding steroid dienone is 1. The van der Waals surface area contributed by atoms with Gasteiger partial charge in [0.1, 0.15) is 0 Å². The second-order valence-corrected chi connectivity index (χ2v) is 5.66. The fraction of sp³-hybridized carbons (Fsp3) is 0.467.